The second kappa shape index (κ2) is 21.4. The van der Waals surface area contributed by atoms with Crippen molar-refractivity contribution < 1.29 is 33.5 Å². The van der Waals surface area contributed by atoms with Gasteiger partial charge in [-0.15, -0.1) is 11.3 Å². The molecule has 0 spiro atoms. The number of carbonyl (C=O) groups is 3. The summed E-state index contributed by atoms with van der Waals surface area (Å²) in [5.41, 5.74) is 8.67. The first-order valence-corrected chi connectivity index (χ1v) is 23.8. The Morgan fingerprint density at radius 3 is 2.52 bits per heavy atom. The molecule has 3 atom stereocenters. The number of aliphatic hydroxyl groups is 1. The molecule has 7 rings (SSSR count). The van der Waals surface area contributed by atoms with Crippen LogP contribution in [0.1, 0.15) is 88.4 Å². The van der Waals surface area contributed by atoms with E-state index in [1.54, 1.807) is 55.1 Å². The third-order valence-electron chi connectivity index (χ3n) is 11.3. The molecule has 2 aromatic carbocycles. The number of β-amino-alcohol motifs (C(OH)–C–C–N with tert-alkyl or cyclic N) is 1. The molecule has 1 aliphatic rings. The maximum Gasteiger partial charge on any atom is 0.414 e. The Balaban J connectivity index is 0.905. The van der Waals surface area contributed by atoms with Crippen LogP contribution in [0.3, 0.4) is 0 Å². The molecule has 5 heterocycles. The van der Waals surface area contributed by atoms with Crippen molar-refractivity contribution in [3.63, 3.8) is 0 Å². The zero-order valence-electron chi connectivity index (χ0n) is 38.0. The van der Waals surface area contributed by atoms with Crippen LogP contribution in [0.15, 0.2) is 71.0 Å². The van der Waals surface area contributed by atoms with Gasteiger partial charge in [0.05, 0.1) is 62.7 Å². The standard InChI is InChI=1S/C48H58N8O7S2/c1-28(2)43(41-18-30(5)54-63-41)46(59)56-26-37(57)22-39(56)45(58)51-24-34-13-12-33(44-31(6)52-27-64-44)20-40(34)61-17-11-9-8-10-16-50-47-53-38-15-14-32(21-42(38)65-47)35-19-36(25-49-23-35)55(7)48(60)62-29(3)4/h12-15,18-21,23,25,27-29,37,39,43,57H,8-11,16-17,22,24,26H2,1-7H3,(H,50,53)(H,51,58)/t37-,39+,43-/m1/s1. The molecule has 1 fully saturated rings. The minimum absolute atomic E-state index is 0.0676. The van der Waals surface area contributed by atoms with Gasteiger partial charge in [0.1, 0.15) is 23.5 Å². The van der Waals surface area contributed by atoms with Crippen LogP contribution in [-0.2, 0) is 20.9 Å². The molecule has 3 amide bonds. The second-order valence-corrected chi connectivity index (χ2v) is 19.0. The molecule has 17 heteroatoms. The first-order valence-electron chi connectivity index (χ1n) is 22.2. The number of aliphatic hydroxyl groups excluding tert-OH is 1. The van der Waals surface area contributed by atoms with Gasteiger partial charge in [-0.25, -0.2) is 14.8 Å². The maximum absolute atomic E-state index is 13.9. The topological polar surface area (TPSA) is 185 Å². The van der Waals surface area contributed by atoms with Crippen molar-refractivity contribution in [1.29, 1.82) is 0 Å². The highest BCUT2D eigenvalue weighted by Crippen LogP contribution is 2.35. The molecule has 0 aliphatic carbocycles. The number of hydrogen-bond acceptors (Lipinski definition) is 14. The highest BCUT2D eigenvalue weighted by Gasteiger charge is 2.43. The fourth-order valence-electron chi connectivity index (χ4n) is 7.90. The first kappa shape index (κ1) is 47.1. The lowest BCUT2D eigenvalue weighted by atomic mass is 9.91. The molecule has 344 valence electrons. The Kier molecular flexibility index (Phi) is 15.5. The Morgan fingerprint density at radius 1 is 0.985 bits per heavy atom. The van der Waals surface area contributed by atoms with Gasteiger partial charge in [-0.3, -0.25) is 19.5 Å². The van der Waals surface area contributed by atoms with Gasteiger partial charge < -0.3 is 34.6 Å². The molecule has 4 aromatic heterocycles. The minimum atomic E-state index is -0.826. The van der Waals surface area contributed by atoms with Crippen LogP contribution >= 0.6 is 22.7 Å². The molecule has 0 saturated carbocycles. The maximum atomic E-state index is 13.9. The van der Waals surface area contributed by atoms with E-state index < -0.39 is 24.2 Å². The van der Waals surface area contributed by atoms with Gasteiger partial charge in [0, 0.05) is 56.5 Å². The molecule has 0 unspecified atom stereocenters. The normalized spacial score (nSPS) is 15.4. The first-order chi connectivity index (χ1) is 31.2. The van der Waals surface area contributed by atoms with E-state index in [0.717, 1.165) is 80.4 Å². The van der Waals surface area contributed by atoms with Gasteiger partial charge in [0.2, 0.25) is 11.8 Å². The molecule has 65 heavy (non-hydrogen) atoms. The number of benzene rings is 2. The predicted octanol–water partition coefficient (Wildman–Crippen LogP) is 9.14. The van der Waals surface area contributed by atoms with E-state index in [1.807, 2.05) is 76.5 Å². The molecule has 1 saturated heterocycles. The molecule has 3 N–H and O–H groups in total. The lowest BCUT2D eigenvalue weighted by Crippen LogP contribution is -2.48. The highest BCUT2D eigenvalue weighted by atomic mass is 32.1. The largest absolute Gasteiger partial charge is 0.493 e. The Morgan fingerprint density at radius 2 is 1.78 bits per heavy atom. The summed E-state index contributed by atoms with van der Waals surface area (Å²) in [4.78, 5) is 57.7. The van der Waals surface area contributed by atoms with Crippen molar-refractivity contribution in [1.82, 2.24) is 30.3 Å². The number of aryl methyl sites for hydroxylation is 2. The number of fused-ring (bicyclic) bond motifs is 1. The average molecular weight is 923 g/mol. The van der Waals surface area contributed by atoms with Gasteiger partial charge in [0.15, 0.2) is 5.13 Å². The third kappa shape index (κ3) is 11.7. The molecular formula is C48H58N8O7S2. The average Bonchev–Trinajstić information content (AvgIpc) is 4.10. The third-order valence-corrected chi connectivity index (χ3v) is 13.3. The summed E-state index contributed by atoms with van der Waals surface area (Å²) in [7, 11) is 1.67. The number of aromatic nitrogens is 4. The fraction of sp³-hybridized carbons (Fsp3) is 0.438. The van der Waals surface area contributed by atoms with Crippen LogP contribution in [0.5, 0.6) is 5.75 Å². The number of ether oxygens (including phenoxy) is 2. The second-order valence-electron chi connectivity index (χ2n) is 17.1. The molecule has 0 bridgehead atoms. The van der Waals surface area contributed by atoms with Crippen LogP contribution in [0.25, 0.3) is 31.8 Å². The van der Waals surface area contributed by atoms with Crippen molar-refractivity contribution in [2.24, 2.45) is 5.92 Å². The monoisotopic (exact) mass is 922 g/mol. The van der Waals surface area contributed by atoms with Gasteiger partial charge in [-0.05, 0) is 81.8 Å². The van der Waals surface area contributed by atoms with E-state index in [1.165, 1.54) is 9.80 Å². The van der Waals surface area contributed by atoms with Crippen LogP contribution in [0, 0.1) is 19.8 Å². The zero-order valence-corrected chi connectivity index (χ0v) is 39.6. The number of thiazole rings is 2. The summed E-state index contributed by atoms with van der Waals surface area (Å²) in [6.45, 7) is 12.8. The Labute approximate surface area is 387 Å². The zero-order chi connectivity index (χ0) is 46.2. The number of carbonyl (C=O) groups excluding carboxylic acids is 3. The van der Waals surface area contributed by atoms with Crippen LogP contribution in [0.4, 0.5) is 15.6 Å². The minimum Gasteiger partial charge on any atom is -0.493 e. The highest BCUT2D eigenvalue weighted by molar-refractivity contribution is 7.22. The van der Waals surface area contributed by atoms with Crippen molar-refractivity contribution in [2.75, 3.05) is 37.0 Å². The summed E-state index contributed by atoms with van der Waals surface area (Å²) in [5, 5.41) is 22.0. The number of nitrogens with one attached hydrogen (secondary N) is 2. The number of hydrogen-bond donors (Lipinski definition) is 3. The number of anilines is 2. The number of unbranched alkanes of at least 4 members (excludes halogenated alkanes) is 3. The van der Waals surface area contributed by atoms with Crippen molar-refractivity contribution in [3.8, 4) is 27.3 Å². The molecule has 6 aromatic rings. The van der Waals surface area contributed by atoms with Gasteiger partial charge in [-0.1, -0.05) is 61.4 Å². The quantitative estimate of drug-likeness (QED) is 0.0656. The number of likely N-dealkylation sites (tertiary alicyclic amines) is 1. The van der Waals surface area contributed by atoms with Gasteiger partial charge in [-0.2, -0.15) is 0 Å². The van der Waals surface area contributed by atoms with E-state index in [0.29, 0.717) is 29.5 Å². The lowest BCUT2D eigenvalue weighted by Gasteiger charge is -2.28. The Bertz CT molecular complexity index is 2590. The molecule has 1 aliphatic heterocycles. The molecule has 15 nitrogen and oxygen atoms in total. The van der Waals surface area contributed by atoms with Crippen molar-refractivity contribution in [2.45, 2.75) is 104 Å². The summed E-state index contributed by atoms with van der Waals surface area (Å²) in [6, 6.07) is 15.0. The summed E-state index contributed by atoms with van der Waals surface area (Å²) in [5.74, 6) is -0.204. The van der Waals surface area contributed by atoms with E-state index in [9.17, 15) is 19.5 Å². The van der Waals surface area contributed by atoms with Gasteiger partial charge >= 0.3 is 6.09 Å². The number of amides is 3. The summed E-state index contributed by atoms with van der Waals surface area (Å²) < 4.78 is 18.3. The number of rotatable bonds is 19. The summed E-state index contributed by atoms with van der Waals surface area (Å²) >= 11 is 3.17. The Hall–Kier alpha value is -5.91. The van der Waals surface area contributed by atoms with Crippen LogP contribution < -0.4 is 20.3 Å². The van der Waals surface area contributed by atoms with Crippen molar-refractivity contribution >= 4 is 61.6 Å². The SMILES string of the molecule is Cc1cc([C@H](C(=O)N2C[C@H](O)C[C@H]2C(=O)NCc2ccc(-c3scnc3C)cc2OCCCCCCNc2nc3ccc(-c4cncc(N(C)C(=O)OC(C)C)c4)cc3s2)C(C)C)on1. The fourth-order valence-corrected chi connectivity index (χ4v) is 9.63. The van der Waals surface area contributed by atoms with Crippen molar-refractivity contribution in [3.05, 3.63) is 89.1 Å². The lowest BCUT2D eigenvalue weighted by molar-refractivity contribution is -0.141. The van der Waals surface area contributed by atoms with E-state index in [2.05, 4.69) is 31.8 Å². The van der Waals surface area contributed by atoms with Crippen LogP contribution in [0.2, 0.25) is 0 Å². The van der Waals surface area contributed by atoms with E-state index >= 15 is 0 Å². The predicted molar refractivity (Wildman–Crippen MR) is 254 cm³/mol. The molecular weight excluding hydrogens is 865 g/mol. The van der Waals surface area contributed by atoms with E-state index in [-0.39, 0.29) is 43.3 Å². The van der Waals surface area contributed by atoms with E-state index in [4.69, 9.17) is 19.0 Å². The van der Waals surface area contributed by atoms with Gasteiger partial charge in [0.25, 0.3) is 0 Å². The number of nitrogens with zero attached hydrogens (tertiary/aromatic N) is 6. The summed E-state index contributed by atoms with van der Waals surface area (Å²) in [6.07, 6.45) is 5.91. The number of pyridine rings is 1. The van der Waals surface area contributed by atoms with Crippen LogP contribution in [-0.4, -0.2) is 93.0 Å². The smallest absolute Gasteiger partial charge is 0.414 e. The molecule has 0 radical (unpaired) electrons.